The smallest absolute Gasteiger partial charge is 0.0577 e. The third-order valence-corrected chi connectivity index (χ3v) is 11.8. The minimum atomic E-state index is -0.0465. The first-order valence-electron chi connectivity index (χ1n) is 14.0. The van der Waals surface area contributed by atoms with E-state index in [-0.39, 0.29) is 6.10 Å². The fourth-order valence-corrected chi connectivity index (χ4v) is 9.89. The van der Waals surface area contributed by atoms with Gasteiger partial charge in [-0.3, -0.25) is 0 Å². The van der Waals surface area contributed by atoms with Crippen LogP contribution in [0.3, 0.4) is 0 Å². The van der Waals surface area contributed by atoms with E-state index < -0.39 is 0 Å². The van der Waals surface area contributed by atoms with Crippen molar-refractivity contribution in [3.8, 4) is 0 Å². The van der Waals surface area contributed by atoms with Crippen molar-refractivity contribution in [3.63, 3.8) is 0 Å². The zero-order valence-electron chi connectivity index (χ0n) is 21.3. The zero-order chi connectivity index (χ0) is 22.4. The molecule has 4 aliphatic carbocycles. The highest BCUT2D eigenvalue weighted by atomic mass is 16.3. The Morgan fingerprint density at radius 2 is 1.58 bits per heavy atom. The number of aliphatic hydroxyl groups is 2. The quantitative estimate of drug-likeness (QED) is 0.451. The molecule has 31 heavy (non-hydrogen) atoms. The molecule has 0 saturated heterocycles. The summed E-state index contributed by atoms with van der Waals surface area (Å²) in [6.07, 6.45) is 15.7. The number of fused-ring (bicyclic) bond motifs is 5. The maximum absolute atomic E-state index is 11.4. The van der Waals surface area contributed by atoms with Gasteiger partial charge in [0.05, 0.1) is 6.10 Å². The Balaban J connectivity index is 1.47. The van der Waals surface area contributed by atoms with Crippen LogP contribution in [0.4, 0.5) is 0 Å². The van der Waals surface area contributed by atoms with Crippen molar-refractivity contribution in [1.29, 1.82) is 0 Å². The zero-order valence-corrected chi connectivity index (χ0v) is 21.3. The van der Waals surface area contributed by atoms with E-state index in [2.05, 4.69) is 34.6 Å². The van der Waals surface area contributed by atoms with Crippen molar-refractivity contribution >= 4 is 0 Å². The van der Waals surface area contributed by atoms with Crippen LogP contribution in [0.25, 0.3) is 0 Å². The predicted molar refractivity (Wildman–Crippen MR) is 130 cm³/mol. The second-order valence-electron chi connectivity index (χ2n) is 13.3. The SMILES string of the molecule is CC(C)[C@H](CCO)CC[C@@H](C)[C@H]1CC[C@H]2[C@@H]3[C@H](O)CC4CCCC[C@]4(C)[C@H]3CC[C@]12C. The molecule has 0 aromatic carbocycles. The van der Waals surface area contributed by atoms with Crippen LogP contribution in [-0.2, 0) is 0 Å². The lowest BCUT2D eigenvalue weighted by Gasteiger charge is -2.62. The maximum atomic E-state index is 11.4. The molecule has 0 aliphatic heterocycles. The molecular weight excluding hydrogens is 380 g/mol. The molecule has 0 spiro atoms. The molecular formula is C29H52O2. The molecule has 1 unspecified atom stereocenters. The largest absolute Gasteiger partial charge is 0.396 e. The molecule has 10 atom stereocenters. The molecule has 2 heteroatoms. The Morgan fingerprint density at radius 3 is 2.29 bits per heavy atom. The summed E-state index contributed by atoms with van der Waals surface area (Å²) in [6.45, 7) is 12.7. The summed E-state index contributed by atoms with van der Waals surface area (Å²) < 4.78 is 0. The van der Waals surface area contributed by atoms with Crippen LogP contribution < -0.4 is 0 Å². The van der Waals surface area contributed by atoms with Crippen molar-refractivity contribution in [2.75, 3.05) is 6.61 Å². The Kier molecular flexibility index (Phi) is 7.20. The molecule has 0 radical (unpaired) electrons. The fraction of sp³-hybridized carbons (Fsp3) is 1.00. The number of rotatable bonds is 7. The standard InChI is InChI=1S/C29H52O2/c1-19(2)21(14-17-30)10-9-20(3)23-11-12-24-27-25(13-16-29(23,24)5)28(4)15-7-6-8-22(28)18-26(27)31/h19-27,30-31H,6-18H2,1-5H3/t20-,21+,22?,23-,24+,25+,26-,27+,28+,29-/m1/s1. The van der Waals surface area contributed by atoms with Gasteiger partial charge in [0.1, 0.15) is 0 Å². The van der Waals surface area contributed by atoms with Crippen molar-refractivity contribution in [2.45, 2.75) is 118 Å². The van der Waals surface area contributed by atoms with Crippen LogP contribution in [0, 0.1) is 58.2 Å². The topological polar surface area (TPSA) is 40.5 Å². The maximum Gasteiger partial charge on any atom is 0.0577 e. The number of aliphatic hydroxyl groups excluding tert-OH is 2. The molecule has 4 fully saturated rings. The monoisotopic (exact) mass is 432 g/mol. The third kappa shape index (κ3) is 4.16. The van der Waals surface area contributed by atoms with Gasteiger partial charge >= 0.3 is 0 Å². The number of hydrogen-bond donors (Lipinski definition) is 2. The van der Waals surface area contributed by atoms with E-state index in [0.29, 0.717) is 35.2 Å². The highest BCUT2D eigenvalue weighted by Gasteiger charge is 2.62. The molecule has 0 heterocycles. The normalized spacial score (nSPS) is 46.8. The van der Waals surface area contributed by atoms with Crippen LogP contribution in [0.15, 0.2) is 0 Å². The Labute approximate surface area is 193 Å². The summed E-state index contributed by atoms with van der Waals surface area (Å²) in [7, 11) is 0. The number of hydrogen-bond acceptors (Lipinski definition) is 2. The first-order chi connectivity index (χ1) is 14.7. The molecule has 2 N–H and O–H groups in total. The van der Waals surface area contributed by atoms with E-state index in [1.807, 2.05) is 0 Å². The fourth-order valence-electron chi connectivity index (χ4n) is 9.89. The van der Waals surface area contributed by atoms with Gasteiger partial charge in [-0.25, -0.2) is 0 Å². The predicted octanol–water partition coefficient (Wildman–Crippen LogP) is 7.08. The summed E-state index contributed by atoms with van der Waals surface area (Å²) in [5, 5.41) is 20.9. The van der Waals surface area contributed by atoms with E-state index in [1.54, 1.807) is 0 Å². The lowest BCUT2D eigenvalue weighted by atomic mass is 9.44. The van der Waals surface area contributed by atoms with Gasteiger partial charge in [-0.2, -0.15) is 0 Å². The molecule has 4 rings (SSSR count). The Bertz CT molecular complexity index is 602. The van der Waals surface area contributed by atoms with E-state index in [9.17, 15) is 10.2 Å². The minimum Gasteiger partial charge on any atom is -0.396 e. The van der Waals surface area contributed by atoms with E-state index in [4.69, 9.17) is 0 Å². The molecule has 4 saturated carbocycles. The average Bonchev–Trinajstić information content (AvgIpc) is 3.08. The molecule has 4 aliphatic rings. The van der Waals surface area contributed by atoms with Gasteiger partial charge in [0.2, 0.25) is 0 Å². The summed E-state index contributed by atoms with van der Waals surface area (Å²) >= 11 is 0. The molecule has 0 bridgehead atoms. The summed E-state index contributed by atoms with van der Waals surface area (Å²) in [4.78, 5) is 0. The van der Waals surface area contributed by atoms with Crippen molar-refractivity contribution in [2.24, 2.45) is 58.2 Å². The summed E-state index contributed by atoms with van der Waals surface area (Å²) in [5.74, 6) is 5.77. The molecule has 180 valence electrons. The molecule has 0 amide bonds. The highest BCUT2D eigenvalue weighted by molar-refractivity contribution is 5.11. The first kappa shape index (κ1) is 24.1. The van der Waals surface area contributed by atoms with Gasteiger partial charge in [-0.1, -0.05) is 53.9 Å². The Morgan fingerprint density at radius 1 is 0.839 bits per heavy atom. The second-order valence-corrected chi connectivity index (χ2v) is 13.3. The molecule has 0 aromatic heterocycles. The van der Waals surface area contributed by atoms with Crippen molar-refractivity contribution in [3.05, 3.63) is 0 Å². The lowest BCUT2D eigenvalue weighted by Crippen LogP contribution is -2.57. The lowest BCUT2D eigenvalue weighted by molar-refractivity contribution is -0.164. The summed E-state index contributed by atoms with van der Waals surface area (Å²) in [6, 6.07) is 0. The van der Waals surface area contributed by atoms with Crippen molar-refractivity contribution < 1.29 is 10.2 Å². The van der Waals surface area contributed by atoms with Gasteiger partial charge in [-0.05, 0) is 116 Å². The van der Waals surface area contributed by atoms with Gasteiger partial charge in [0.25, 0.3) is 0 Å². The minimum absolute atomic E-state index is 0.0465. The average molecular weight is 433 g/mol. The second kappa shape index (κ2) is 9.28. The van der Waals surface area contributed by atoms with Crippen molar-refractivity contribution in [1.82, 2.24) is 0 Å². The molecule has 0 aromatic rings. The van der Waals surface area contributed by atoms with E-state index >= 15 is 0 Å². The Hall–Kier alpha value is -0.0800. The van der Waals surface area contributed by atoms with Gasteiger partial charge in [0.15, 0.2) is 0 Å². The van der Waals surface area contributed by atoms with Crippen LogP contribution in [0.5, 0.6) is 0 Å². The highest BCUT2D eigenvalue weighted by Crippen LogP contribution is 2.68. The van der Waals surface area contributed by atoms with E-state index in [0.717, 1.165) is 42.4 Å². The van der Waals surface area contributed by atoms with E-state index in [1.165, 1.54) is 64.2 Å². The van der Waals surface area contributed by atoms with Gasteiger partial charge < -0.3 is 10.2 Å². The van der Waals surface area contributed by atoms with Crippen LogP contribution in [0.1, 0.15) is 112 Å². The van der Waals surface area contributed by atoms with Gasteiger partial charge in [-0.15, -0.1) is 0 Å². The first-order valence-corrected chi connectivity index (χ1v) is 14.0. The molecule has 2 nitrogen and oxygen atoms in total. The third-order valence-electron chi connectivity index (χ3n) is 11.8. The van der Waals surface area contributed by atoms with Crippen LogP contribution >= 0.6 is 0 Å². The van der Waals surface area contributed by atoms with Crippen LogP contribution in [-0.4, -0.2) is 22.9 Å². The summed E-state index contributed by atoms with van der Waals surface area (Å²) in [5.41, 5.74) is 0.936. The van der Waals surface area contributed by atoms with Crippen LogP contribution in [0.2, 0.25) is 0 Å². The van der Waals surface area contributed by atoms with Gasteiger partial charge in [0, 0.05) is 6.61 Å².